The minimum atomic E-state index is -0.656. The predicted molar refractivity (Wildman–Crippen MR) is 199 cm³/mol. The minimum absolute atomic E-state index is 0.245. The van der Waals surface area contributed by atoms with Crippen LogP contribution in [0.5, 0.6) is 5.88 Å². The molecule has 2 aromatic carbocycles. The summed E-state index contributed by atoms with van der Waals surface area (Å²) in [5.74, 6) is 0.171. The van der Waals surface area contributed by atoms with Crippen molar-refractivity contribution in [1.29, 1.82) is 0 Å². The van der Waals surface area contributed by atoms with Gasteiger partial charge in [-0.3, -0.25) is 4.79 Å². The van der Waals surface area contributed by atoms with Crippen LogP contribution in [0.15, 0.2) is 67.1 Å². The molecule has 0 unspecified atom stereocenters. The van der Waals surface area contributed by atoms with E-state index in [1.54, 1.807) is 36.6 Å². The molecule has 4 aromatic rings. The van der Waals surface area contributed by atoms with Crippen molar-refractivity contribution < 1.29 is 14.3 Å². The van der Waals surface area contributed by atoms with E-state index in [0.29, 0.717) is 17.3 Å². The van der Waals surface area contributed by atoms with Crippen LogP contribution in [-0.4, -0.2) is 36.9 Å². The number of hydrogen-bond acceptors (Lipinski definition) is 5. The highest BCUT2D eigenvalue weighted by molar-refractivity contribution is 6.11. The highest BCUT2D eigenvalue weighted by Crippen LogP contribution is 2.30. The van der Waals surface area contributed by atoms with Crippen molar-refractivity contribution in [3.05, 3.63) is 89.4 Å². The molecule has 4 rings (SSSR count). The molecule has 0 bridgehead atoms. The molecule has 0 aliphatic carbocycles. The second-order valence-corrected chi connectivity index (χ2v) is 14.1. The van der Waals surface area contributed by atoms with Crippen molar-refractivity contribution in [2.75, 3.05) is 5.01 Å². The van der Waals surface area contributed by atoms with Crippen molar-refractivity contribution >= 4 is 11.9 Å². The molecule has 8 nitrogen and oxygen atoms in total. The normalized spacial score (nSPS) is 11.6. The number of aromatic nitrogens is 4. The van der Waals surface area contributed by atoms with Gasteiger partial charge in [-0.05, 0) is 63.6 Å². The third-order valence-corrected chi connectivity index (χ3v) is 9.09. The maximum atomic E-state index is 15.3. The van der Waals surface area contributed by atoms with Crippen molar-refractivity contribution in [2.45, 2.75) is 130 Å². The zero-order valence-electron chi connectivity index (χ0n) is 30.7. The van der Waals surface area contributed by atoms with Crippen LogP contribution in [0.1, 0.15) is 144 Å². The highest BCUT2D eigenvalue weighted by Gasteiger charge is 2.35. The Kier molecular flexibility index (Phi) is 14.2. The molecule has 0 N–H and O–H groups in total. The number of amides is 1. The van der Waals surface area contributed by atoms with Crippen LogP contribution in [0.4, 0.5) is 0 Å². The van der Waals surface area contributed by atoms with Gasteiger partial charge < -0.3 is 4.74 Å². The molecule has 0 saturated heterocycles. The quantitative estimate of drug-likeness (QED) is 0.0734. The number of imidazole rings is 1. The number of nitrogens with zero attached hydrogens (tertiary/aromatic N) is 5. The van der Waals surface area contributed by atoms with Crippen molar-refractivity contribution in [1.82, 2.24) is 19.4 Å². The second-order valence-electron chi connectivity index (χ2n) is 14.1. The van der Waals surface area contributed by atoms with Crippen molar-refractivity contribution in [3.8, 4) is 17.3 Å². The molecule has 49 heavy (non-hydrogen) atoms. The molecule has 0 radical (unpaired) electrons. The number of esters is 1. The number of rotatable bonds is 19. The number of carbonyl (C=O) groups excluding carboxylic acids is 2. The predicted octanol–water partition coefficient (Wildman–Crippen LogP) is 9.89. The average molecular weight is 668 g/mol. The molecule has 0 spiro atoms. The fraction of sp³-hybridized carbons (Fsp3) is 0.512. The summed E-state index contributed by atoms with van der Waals surface area (Å²) in [7, 11) is 1.73. The molecule has 0 saturated carbocycles. The molecular weight excluding hydrogens is 610 g/mol. The molecule has 0 fully saturated rings. The van der Waals surface area contributed by atoms with E-state index in [0.717, 1.165) is 61.6 Å². The smallest absolute Gasteiger partial charge is 0.345 e. The van der Waals surface area contributed by atoms with Crippen LogP contribution in [0, 0.1) is 0 Å². The van der Waals surface area contributed by atoms with Gasteiger partial charge in [-0.1, -0.05) is 114 Å². The first-order valence-corrected chi connectivity index (χ1v) is 18.5. The molecule has 2 aromatic heterocycles. The largest absolute Gasteiger partial charge is 0.404 e. The third kappa shape index (κ3) is 10.2. The lowest BCUT2D eigenvalue weighted by Gasteiger charge is -2.38. The molecular formula is C41H57N5O3. The summed E-state index contributed by atoms with van der Waals surface area (Å²) in [6.07, 6.45) is 20.7. The molecule has 0 aliphatic heterocycles. The minimum Gasteiger partial charge on any atom is -0.404 e. The summed E-state index contributed by atoms with van der Waals surface area (Å²) in [6, 6.07) is 15.4. The second kappa shape index (κ2) is 18.5. The Morgan fingerprint density at radius 2 is 1.41 bits per heavy atom. The maximum absolute atomic E-state index is 15.3. The zero-order chi connectivity index (χ0) is 35.2. The molecule has 1 amide bonds. The van der Waals surface area contributed by atoms with Gasteiger partial charge in [0.15, 0.2) is 5.82 Å². The van der Waals surface area contributed by atoms with Gasteiger partial charge in [0.2, 0.25) is 5.88 Å². The third-order valence-electron chi connectivity index (χ3n) is 9.09. The molecule has 0 atom stereocenters. The lowest BCUT2D eigenvalue weighted by Crippen LogP contribution is -2.53. The number of benzene rings is 2. The van der Waals surface area contributed by atoms with Crippen LogP contribution in [0.3, 0.4) is 0 Å². The zero-order valence-corrected chi connectivity index (χ0v) is 30.7. The van der Waals surface area contributed by atoms with E-state index in [4.69, 9.17) is 4.74 Å². The Bertz CT molecular complexity index is 1620. The summed E-state index contributed by atoms with van der Waals surface area (Å²) in [5, 5.41) is 5.92. The summed E-state index contributed by atoms with van der Waals surface area (Å²) < 4.78 is 9.24. The monoisotopic (exact) mass is 667 g/mol. The van der Waals surface area contributed by atoms with Crippen molar-refractivity contribution in [2.24, 2.45) is 7.05 Å². The van der Waals surface area contributed by atoms with Crippen LogP contribution in [-0.2, 0) is 19.9 Å². The Labute approximate surface area is 293 Å². The lowest BCUT2D eigenvalue weighted by atomic mass is 9.88. The SMILES string of the molecule is CCCCCCCCc1ccc(C(=O)Oc2ccnn2C)c(C(=O)N(n2ccnc2-c2ccccc2)C(C)(C)C)c1CCCCCCCC. The number of unbranched alkanes of at least 4 members (excludes halogenated alkanes) is 10. The summed E-state index contributed by atoms with van der Waals surface area (Å²) in [6.45, 7) is 10.5. The Morgan fingerprint density at radius 3 is 2.02 bits per heavy atom. The molecule has 264 valence electrons. The van der Waals surface area contributed by atoms with E-state index >= 15 is 4.79 Å². The number of ether oxygens (including phenoxy) is 1. The van der Waals surface area contributed by atoms with E-state index in [2.05, 4.69) is 30.0 Å². The summed E-state index contributed by atoms with van der Waals surface area (Å²) >= 11 is 0. The van der Waals surface area contributed by atoms with Gasteiger partial charge in [0.05, 0.1) is 22.9 Å². The summed E-state index contributed by atoms with van der Waals surface area (Å²) in [4.78, 5) is 34.0. The first-order chi connectivity index (χ1) is 23.7. The van der Waals surface area contributed by atoms with Gasteiger partial charge in [0.1, 0.15) is 0 Å². The Hall–Kier alpha value is -4.20. The van der Waals surface area contributed by atoms with Gasteiger partial charge in [-0.15, -0.1) is 0 Å². The molecule has 8 heteroatoms. The van der Waals surface area contributed by atoms with Gasteiger partial charge in [0.25, 0.3) is 5.91 Å². The topological polar surface area (TPSA) is 82.2 Å². The van der Waals surface area contributed by atoms with E-state index < -0.39 is 11.5 Å². The van der Waals surface area contributed by atoms with Crippen LogP contribution in [0.25, 0.3) is 11.4 Å². The number of carbonyl (C=O) groups is 2. The molecule has 2 heterocycles. The highest BCUT2D eigenvalue weighted by atomic mass is 16.5. The van der Waals surface area contributed by atoms with Gasteiger partial charge in [0, 0.05) is 31.1 Å². The van der Waals surface area contributed by atoms with E-state index in [1.165, 1.54) is 49.6 Å². The van der Waals surface area contributed by atoms with Crippen molar-refractivity contribution in [3.63, 3.8) is 0 Å². The number of hydrogen-bond donors (Lipinski definition) is 0. The fourth-order valence-electron chi connectivity index (χ4n) is 6.50. The Morgan fingerprint density at radius 1 is 0.776 bits per heavy atom. The van der Waals surface area contributed by atoms with Crippen LogP contribution >= 0.6 is 0 Å². The van der Waals surface area contributed by atoms with E-state index in [-0.39, 0.29) is 11.5 Å². The first kappa shape index (κ1) is 37.6. The van der Waals surface area contributed by atoms with Gasteiger partial charge >= 0.3 is 5.97 Å². The number of aryl methyl sites for hydroxylation is 2. The average Bonchev–Trinajstić information content (AvgIpc) is 3.72. The van der Waals surface area contributed by atoms with Crippen LogP contribution < -0.4 is 9.75 Å². The fourth-order valence-corrected chi connectivity index (χ4v) is 6.50. The Balaban J connectivity index is 1.83. The van der Waals surface area contributed by atoms with E-state index in [9.17, 15) is 4.79 Å². The van der Waals surface area contributed by atoms with Crippen LogP contribution in [0.2, 0.25) is 0 Å². The lowest BCUT2D eigenvalue weighted by molar-refractivity contribution is 0.0713. The standard InChI is InChI=1S/C41H57N5O3/c1-7-9-11-13-15-18-22-32-26-27-35(40(48)49-36-28-29-43-44(36)6)37(34(32)25-21-16-14-12-10-8-2)39(47)46(41(3,4)5)45-31-30-42-38(45)33-23-19-17-20-24-33/h17,19-20,23-24,26-31H,7-16,18,21-22,25H2,1-6H3. The molecule has 0 aliphatic rings. The summed E-state index contributed by atoms with van der Waals surface area (Å²) in [5.41, 5.74) is 3.05. The van der Waals surface area contributed by atoms with E-state index in [1.807, 2.05) is 62.0 Å². The maximum Gasteiger partial charge on any atom is 0.345 e. The van der Waals surface area contributed by atoms with Gasteiger partial charge in [-0.25, -0.2) is 24.1 Å². The first-order valence-electron chi connectivity index (χ1n) is 18.5. The van der Waals surface area contributed by atoms with Gasteiger partial charge in [-0.2, -0.15) is 5.10 Å².